The zero-order chi connectivity index (χ0) is 11.8. The van der Waals surface area contributed by atoms with Crippen molar-refractivity contribution in [3.8, 4) is 5.75 Å². The van der Waals surface area contributed by atoms with E-state index < -0.39 is 6.10 Å². The molecule has 0 aliphatic carbocycles. The number of rotatable bonds is 7. The summed E-state index contributed by atoms with van der Waals surface area (Å²) < 4.78 is 5.54. The Morgan fingerprint density at radius 1 is 1.38 bits per heavy atom. The van der Waals surface area contributed by atoms with Gasteiger partial charge in [-0.15, -0.1) is 0 Å². The Kier molecular flexibility index (Phi) is 5.90. The van der Waals surface area contributed by atoms with Gasteiger partial charge < -0.3 is 15.2 Å². The van der Waals surface area contributed by atoms with Gasteiger partial charge in [0.05, 0.1) is 6.10 Å². The molecule has 1 unspecified atom stereocenters. The van der Waals surface area contributed by atoms with Crippen molar-refractivity contribution in [2.24, 2.45) is 0 Å². The van der Waals surface area contributed by atoms with Crippen LogP contribution in [0.3, 0.4) is 0 Å². The minimum absolute atomic E-state index is 0.338. The molecule has 0 aliphatic rings. The third-order valence-electron chi connectivity index (χ3n) is 2.19. The first-order chi connectivity index (χ1) is 7.74. The number of aliphatic hydroxyl groups excluding tert-OH is 1. The number of hydrogen-bond donors (Lipinski definition) is 2. The highest BCUT2D eigenvalue weighted by molar-refractivity contribution is 5.33. The van der Waals surface area contributed by atoms with E-state index in [2.05, 4.69) is 12.2 Å². The summed E-state index contributed by atoms with van der Waals surface area (Å²) >= 11 is 0. The molecule has 0 aromatic heterocycles. The van der Waals surface area contributed by atoms with Gasteiger partial charge in [-0.2, -0.15) is 0 Å². The predicted octanol–water partition coefficient (Wildman–Crippen LogP) is 1.95. The van der Waals surface area contributed by atoms with Crippen molar-refractivity contribution in [2.75, 3.05) is 13.2 Å². The monoisotopic (exact) mass is 223 g/mol. The van der Waals surface area contributed by atoms with Gasteiger partial charge in [0, 0.05) is 12.1 Å². The highest BCUT2D eigenvalue weighted by Gasteiger charge is 2.03. The van der Waals surface area contributed by atoms with Crippen molar-refractivity contribution in [2.45, 2.75) is 32.9 Å². The fourth-order valence-corrected chi connectivity index (χ4v) is 1.40. The Morgan fingerprint density at radius 3 is 2.81 bits per heavy atom. The third kappa shape index (κ3) is 4.64. The summed E-state index contributed by atoms with van der Waals surface area (Å²) in [7, 11) is 0. The molecule has 1 aromatic rings. The molecule has 0 saturated heterocycles. The number of hydrogen-bond acceptors (Lipinski definition) is 3. The zero-order valence-corrected chi connectivity index (χ0v) is 10.1. The maximum absolute atomic E-state index is 9.18. The summed E-state index contributed by atoms with van der Waals surface area (Å²) in [6, 6.07) is 7.92. The molecule has 0 bridgehead atoms. The summed E-state index contributed by atoms with van der Waals surface area (Å²) in [4.78, 5) is 0. The van der Waals surface area contributed by atoms with Crippen LogP contribution in [0.15, 0.2) is 24.3 Å². The van der Waals surface area contributed by atoms with Gasteiger partial charge in [0.25, 0.3) is 0 Å². The van der Waals surface area contributed by atoms with Gasteiger partial charge in [-0.3, -0.25) is 0 Å². The molecule has 0 amide bonds. The van der Waals surface area contributed by atoms with Crippen LogP contribution in [0, 0.1) is 0 Å². The molecule has 3 heteroatoms. The zero-order valence-electron chi connectivity index (χ0n) is 10.1. The summed E-state index contributed by atoms with van der Waals surface area (Å²) in [6.45, 7) is 6.01. The molecule has 2 N–H and O–H groups in total. The smallest absolute Gasteiger partial charge is 0.123 e. The number of nitrogens with one attached hydrogen (secondary N) is 1. The topological polar surface area (TPSA) is 41.5 Å². The molecule has 3 nitrogen and oxygen atoms in total. The molecule has 0 fully saturated rings. The van der Waals surface area contributed by atoms with E-state index in [1.165, 1.54) is 0 Å². The molecule has 1 rings (SSSR count). The number of benzene rings is 1. The lowest BCUT2D eigenvalue weighted by molar-refractivity contribution is 0.122. The van der Waals surface area contributed by atoms with Gasteiger partial charge in [0.2, 0.25) is 0 Å². The van der Waals surface area contributed by atoms with Crippen LogP contribution in [-0.2, 0) is 6.54 Å². The molecular weight excluding hydrogens is 202 g/mol. The SMILES string of the molecule is CCCNCc1ccccc1OCC(C)O. The van der Waals surface area contributed by atoms with Crippen molar-refractivity contribution in [3.05, 3.63) is 29.8 Å². The second kappa shape index (κ2) is 7.25. The fraction of sp³-hybridized carbons (Fsp3) is 0.538. The molecule has 1 aromatic carbocycles. The van der Waals surface area contributed by atoms with Gasteiger partial charge >= 0.3 is 0 Å². The van der Waals surface area contributed by atoms with Gasteiger partial charge in [0.15, 0.2) is 0 Å². The van der Waals surface area contributed by atoms with Crippen LogP contribution >= 0.6 is 0 Å². The average Bonchev–Trinajstić information content (AvgIpc) is 2.28. The minimum Gasteiger partial charge on any atom is -0.491 e. The maximum Gasteiger partial charge on any atom is 0.123 e. The standard InChI is InChI=1S/C13H21NO2/c1-3-8-14-9-12-6-4-5-7-13(12)16-10-11(2)15/h4-7,11,14-15H,3,8-10H2,1-2H3. The Bertz CT molecular complexity index is 300. The van der Waals surface area contributed by atoms with E-state index >= 15 is 0 Å². The lowest BCUT2D eigenvalue weighted by Gasteiger charge is -2.13. The van der Waals surface area contributed by atoms with E-state index in [9.17, 15) is 5.11 Å². The largest absolute Gasteiger partial charge is 0.491 e. The van der Waals surface area contributed by atoms with Gasteiger partial charge in [0.1, 0.15) is 12.4 Å². The Balaban J connectivity index is 2.53. The molecular formula is C13H21NO2. The van der Waals surface area contributed by atoms with E-state index in [1.807, 2.05) is 24.3 Å². The Hall–Kier alpha value is -1.06. The summed E-state index contributed by atoms with van der Waals surface area (Å²) in [5, 5.41) is 12.5. The van der Waals surface area contributed by atoms with Crippen molar-refractivity contribution < 1.29 is 9.84 Å². The minimum atomic E-state index is -0.434. The second-order valence-corrected chi connectivity index (χ2v) is 3.94. The first-order valence-electron chi connectivity index (χ1n) is 5.83. The highest BCUT2D eigenvalue weighted by atomic mass is 16.5. The lowest BCUT2D eigenvalue weighted by atomic mass is 10.2. The Labute approximate surface area is 97.4 Å². The molecule has 0 spiro atoms. The van der Waals surface area contributed by atoms with E-state index in [4.69, 9.17) is 4.74 Å². The van der Waals surface area contributed by atoms with E-state index in [1.54, 1.807) is 6.92 Å². The lowest BCUT2D eigenvalue weighted by Crippen LogP contribution is -2.17. The van der Waals surface area contributed by atoms with Gasteiger partial charge in [-0.05, 0) is 26.0 Å². The predicted molar refractivity (Wildman–Crippen MR) is 65.6 cm³/mol. The molecule has 0 aliphatic heterocycles. The number of aliphatic hydroxyl groups is 1. The first kappa shape index (κ1) is 13.0. The first-order valence-corrected chi connectivity index (χ1v) is 5.83. The number of ether oxygens (including phenoxy) is 1. The molecule has 1 atom stereocenters. The molecule has 16 heavy (non-hydrogen) atoms. The van der Waals surface area contributed by atoms with Crippen LogP contribution < -0.4 is 10.1 Å². The normalized spacial score (nSPS) is 12.4. The van der Waals surface area contributed by atoms with E-state index in [-0.39, 0.29) is 0 Å². The number of para-hydroxylation sites is 1. The van der Waals surface area contributed by atoms with Crippen LogP contribution in [-0.4, -0.2) is 24.4 Å². The molecule has 90 valence electrons. The molecule has 0 heterocycles. The van der Waals surface area contributed by atoms with Crippen molar-refractivity contribution in [1.29, 1.82) is 0 Å². The summed E-state index contributed by atoms with van der Waals surface area (Å²) in [5.74, 6) is 0.854. The molecule has 0 saturated carbocycles. The van der Waals surface area contributed by atoms with Crippen LogP contribution in [0.25, 0.3) is 0 Å². The van der Waals surface area contributed by atoms with Crippen LogP contribution in [0.4, 0.5) is 0 Å². The van der Waals surface area contributed by atoms with E-state index in [0.29, 0.717) is 6.61 Å². The summed E-state index contributed by atoms with van der Waals surface area (Å²) in [5.41, 5.74) is 1.14. The second-order valence-electron chi connectivity index (χ2n) is 3.94. The van der Waals surface area contributed by atoms with Crippen molar-refractivity contribution in [3.63, 3.8) is 0 Å². The summed E-state index contributed by atoms with van der Waals surface area (Å²) in [6.07, 6.45) is 0.688. The fourth-order valence-electron chi connectivity index (χ4n) is 1.40. The average molecular weight is 223 g/mol. The highest BCUT2D eigenvalue weighted by Crippen LogP contribution is 2.17. The quantitative estimate of drug-likeness (QED) is 0.694. The van der Waals surface area contributed by atoms with Gasteiger partial charge in [-0.1, -0.05) is 25.1 Å². The van der Waals surface area contributed by atoms with E-state index in [0.717, 1.165) is 30.8 Å². The van der Waals surface area contributed by atoms with Crippen LogP contribution in [0.2, 0.25) is 0 Å². The Morgan fingerprint density at radius 2 is 2.12 bits per heavy atom. The van der Waals surface area contributed by atoms with Crippen LogP contribution in [0.1, 0.15) is 25.8 Å². The molecule has 0 radical (unpaired) electrons. The maximum atomic E-state index is 9.18. The third-order valence-corrected chi connectivity index (χ3v) is 2.19. The van der Waals surface area contributed by atoms with Crippen LogP contribution in [0.5, 0.6) is 5.75 Å². The van der Waals surface area contributed by atoms with Gasteiger partial charge in [-0.25, -0.2) is 0 Å². The van der Waals surface area contributed by atoms with Crippen molar-refractivity contribution >= 4 is 0 Å². The van der Waals surface area contributed by atoms with Crippen molar-refractivity contribution in [1.82, 2.24) is 5.32 Å².